The molecule has 0 bridgehead atoms. The van der Waals surface area contributed by atoms with E-state index in [-0.39, 0.29) is 0 Å². The van der Waals surface area contributed by atoms with E-state index >= 15 is 0 Å². The number of ether oxygens (including phenoxy) is 2. The fourth-order valence-electron chi connectivity index (χ4n) is 2.92. The molecule has 0 aliphatic carbocycles. The lowest BCUT2D eigenvalue weighted by Gasteiger charge is -2.29. The van der Waals surface area contributed by atoms with Gasteiger partial charge in [0.2, 0.25) is 0 Å². The molecular formula is C14H20N2O2. The molecule has 0 saturated carbocycles. The fraction of sp³-hybridized carbons (Fsp3) is 0.571. The molecule has 2 N–H and O–H groups in total. The molecule has 4 heteroatoms. The molecule has 0 amide bonds. The van der Waals surface area contributed by atoms with Crippen molar-refractivity contribution in [3.63, 3.8) is 0 Å². The van der Waals surface area contributed by atoms with Gasteiger partial charge in [0, 0.05) is 24.7 Å². The Balaban J connectivity index is 1.96. The highest BCUT2D eigenvalue weighted by Crippen LogP contribution is 2.41. The van der Waals surface area contributed by atoms with Crippen molar-refractivity contribution < 1.29 is 9.47 Å². The Hall–Kier alpha value is -1.58. The van der Waals surface area contributed by atoms with Gasteiger partial charge in [-0.15, -0.1) is 0 Å². The first-order valence-electron chi connectivity index (χ1n) is 6.75. The monoisotopic (exact) mass is 248 g/mol. The van der Waals surface area contributed by atoms with E-state index in [9.17, 15) is 0 Å². The Morgan fingerprint density at radius 1 is 1.28 bits per heavy atom. The van der Waals surface area contributed by atoms with Crippen LogP contribution in [0.4, 0.5) is 11.4 Å². The molecule has 1 saturated heterocycles. The lowest BCUT2D eigenvalue weighted by atomic mass is 10.1. The molecule has 98 valence electrons. The molecule has 0 spiro atoms. The molecule has 1 fully saturated rings. The Bertz CT molecular complexity index is 448. The maximum Gasteiger partial charge on any atom is 0.163 e. The van der Waals surface area contributed by atoms with Crippen LogP contribution in [-0.4, -0.2) is 25.8 Å². The summed E-state index contributed by atoms with van der Waals surface area (Å²) in [7, 11) is 0. The lowest BCUT2D eigenvalue weighted by molar-refractivity contribution is 0.172. The summed E-state index contributed by atoms with van der Waals surface area (Å²) in [5.74, 6) is 1.60. The zero-order valence-corrected chi connectivity index (χ0v) is 10.8. The average molecular weight is 248 g/mol. The summed E-state index contributed by atoms with van der Waals surface area (Å²) in [5, 5.41) is 0. The molecule has 3 rings (SSSR count). The van der Waals surface area contributed by atoms with Crippen molar-refractivity contribution in [1.82, 2.24) is 0 Å². The fourth-order valence-corrected chi connectivity index (χ4v) is 2.92. The second-order valence-corrected chi connectivity index (χ2v) is 4.95. The Kier molecular flexibility index (Phi) is 2.94. The van der Waals surface area contributed by atoms with Gasteiger partial charge < -0.3 is 20.1 Å². The number of anilines is 2. The Morgan fingerprint density at radius 2 is 2.00 bits per heavy atom. The number of nitrogens with two attached hydrogens (primary N) is 1. The summed E-state index contributed by atoms with van der Waals surface area (Å²) in [6, 6.07) is 4.54. The molecule has 1 aromatic carbocycles. The molecule has 2 aliphatic heterocycles. The van der Waals surface area contributed by atoms with E-state index in [2.05, 4.69) is 11.8 Å². The van der Waals surface area contributed by atoms with E-state index in [1.807, 2.05) is 12.1 Å². The van der Waals surface area contributed by atoms with E-state index in [1.165, 1.54) is 12.8 Å². The van der Waals surface area contributed by atoms with Gasteiger partial charge in [-0.25, -0.2) is 0 Å². The van der Waals surface area contributed by atoms with Crippen LogP contribution < -0.4 is 20.1 Å². The van der Waals surface area contributed by atoms with Gasteiger partial charge in [-0.2, -0.15) is 0 Å². The topological polar surface area (TPSA) is 47.7 Å². The smallest absolute Gasteiger partial charge is 0.163 e. The van der Waals surface area contributed by atoms with Gasteiger partial charge in [-0.3, -0.25) is 0 Å². The van der Waals surface area contributed by atoms with Crippen LogP contribution in [0.1, 0.15) is 26.2 Å². The number of nitrogens with zero attached hydrogens (tertiary/aromatic N) is 1. The zero-order valence-electron chi connectivity index (χ0n) is 10.8. The van der Waals surface area contributed by atoms with Gasteiger partial charge >= 0.3 is 0 Å². The standard InChI is InChI=1S/C14H20N2O2/c1-2-10-4-3-5-16(10)12-9-14-13(8-11(12)15)17-6-7-18-14/h8-10H,2-7,15H2,1H3. The number of fused-ring (bicyclic) bond motifs is 1. The molecule has 1 aromatic rings. The predicted octanol–water partition coefficient (Wildman–Crippen LogP) is 2.42. The van der Waals surface area contributed by atoms with Crippen molar-refractivity contribution in [2.75, 3.05) is 30.4 Å². The van der Waals surface area contributed by atoms with Crippen LogP contribution in [0.3, 0.4) is 0 Å². The molecule has 1 atom stereocenters. The van der Waals surface area contributed by atoms with Gasteiger partial charge in [0.15, 0.2) is 11.5 Å². The molecule has 4 nitrogen and oxygen atoms in total. The van der Waals surface area contributed by atoms with Crippen LogP contribution in [0, 0.1) is 0 Å². The average Bonchev–Trinajstić information content (AvgIpc) is 2.86. The normalized spacial score (nSPS) is 22.3. The summed E-state index contributed by atoms with van der Waals surface area (Å²) in [4.78, 5) is 2.41. The summed E-state index contributed by atoms with van der Waals surface area (Å²) < 4.78 is 11.2. The van der Waals surface area contributed by atoms with Crippen molar-refractivity contribution in [2.45, 2.75) is 32.2 Å². The van der Waals surface area contributed by atoms with Crippen molar-refractivity contribution in [3.05, 3.63) is 12.1 Å². The van der Waals surface area contributed by atoms with Gasteiger partial charge in [0.05, 0.1) is 11.4 Å². The number of benzene rings is 1. The maximum absolute atomic E-state index is 6.16. The molecule has 0 radical (unpaired) electrons. The predicted molar refractivity (Wildman–Crippen MR) is 72.5 cm³/mol. The van der Waals surface area contributed by atoms with E-state index < -0.39 is 0 Å². The van der Waals surface area contributed by atoms with Gasteiger partial charge in [0.25, 0.3) is 0 Å². The highest BCUT2D eigenvalue weighted by molar-refractivity contribution is 5.74. The second kappa shape index (κ2) is 4.59. The van der Waals surface area contributed by atoms with Gasteiger partial charge in [0.1, 0.15) is 13.2 Å². The van der Waals surface area contributed by atoms with Crippen LogP contribution in [0.15, 0.2) is 12.1 Å². The summed E-state index contributed by atoms with van der Waals surface area (Å²) in [6.07, 6.45) is 3.66. The quantitative estimate of drug-likeness (QED) is 0.817. The minimum atomic E-state index is 0.604. The van der Waals surface area contributed by atoms with E-state index in [0.717, 1.165) is 35.8 Å². The molecule has 2 aliphatic rings. The summed E-state index contributed by atoms with van der Waals surface area (Å²) in [5.41, 5.74) is 8.06. The highest BCUT2D eigenvalue weighted by Gasteiger charge is 2.26. The van der Waals surface area contributed by atoms with Gasteiger partial charge in [-0.1, -0.05) is 6.92 Å². The molecule has 0 aromatic heterocycles. The molecule has 2 heterocycles. The third kappa shape index (κ3) is 1.85. The van der Waals surface area contributed by atoms with Crippen LogP contribution in [0.2, 0.25) is 0 Å². The van der Waals surface area contributed by atoms with Crippen molar-refractivity contribution in [2.24, 2.45) is 0 Å². The number of hydrogen-bond acceptors (Lipinski definition) is 4. The van der Waals surface area contributed by atoms with Crippen LogP contribution in [0.25, 0.3) is 0 Å². The van der Waals surface area contributed by atoms with E-state index in [4.69, 9.17) is 15.2 Å². The third-order valence-electron chi connectivity index (χ3n) is 3.85. The minimum Gasteiger partial charge on any atom is -0.486 e. The van der Waals surface area contributed by atoms with Gasteiger partial charge in [-0.05, 0) is 19.3 Å². The highest BCUT2D eigenvalue weighted by atomic mass is 16.6. The van der Waals surface area contributed by atoms with Crippen LogP contribution >= 0.6 is 0 Å². The van der Waals surface area contributed by atoms with Crippen molar-refractivity contribution >= 4 is 11.4 Å². The molecular weight excluding hydrogens is 228 g/mol. The first kappa shape index (κ1) is 11.5. The minimum absolute atomic E-state index is 0.604. The maximum atomic E-state index is 6.16. The first-order valence-corrected chi connectivity index (χ1v) is 6.75. The van der Waals surface area contributed by atoms with E-state index in [0.29, 0.717) is 19.3 Å². The van der Waals surface area contributed by atoms with Crippen molar-refractivity contribution in [3.8, 4) is 11.5 Å². The second-order valence-electron chi connectivity index (χ2n) is 4.95. The lowest BCUT2D eigenvalue weighted by Crippen LogP contribution is -2.29. The number of rotatable bonds is 2. The summed E-state index contributed by atoms with van der Waals surface area (Å²) >= 11 is 0. The van der Waals surface area contributed by atoms with E-state index in [1.54, 1.807) is 0 Å². The summed E-state index contributed by atoms with van der Waals surface area (Å²) in [6.45, 7) is 4.54. The largest absolute Gasteiger partial charge is 0.486 e. The van der Waals surface area contributed by atoms with Crippen molar-refractivity contribution in [1.29, 1.82) is 0 Å². The number of nitrogen functional groups attached to an aromatic ring is 1. The SMILES string of the molecule is CCC1CCCN1c1cc2c(cc1N)OCCO2. The first-order chi connectivity index (χ1) is 8.79. The Labute approximate surface area is 108 Å². The van der Waals surface area contributed by atoms with Crippen LogP contribution in [0.5, 0.6) is 11.5 Å². The third-order valence-corrected chi connectivity index (χ3v) is 3.85. The number of hydrogen-bond donors (Lipinski definition) is 1. The Morgan fingerprint density at radius 3 is 2.72 bits per heavy atom. The molecule has 18 heavy (non-hydrogen) atoms. The van der Waals surface area contributed by atoms with Crippen LogP contribution in [-0.2, 0) is 0 Å². The molecule has 1 unspecified atom stereocenters. The zero-order chi connectivity index (χ0) is 12.5.